The lowest BCUT2D eigenvalue weighted by atomic mass is 9.97. The fraction of sp³-hybridized carbons (Fsp3) is 0.0435. The third kappa shape index (κ3) is 4.77. The van der Waals surface area contributed by atoms with Crippen LogP contribution in [0.5, 0.6) is 0 Å². The smallest absolute Gasteiger partial charge is 0.104 e. The van der Waals surface area contributed by atoms with Gasteiger partial charge in [-0.1, -0.05) is 42.1 Å². The van der Waals surface area contributed by atoms with Crippen molar-refractivity contribution in [3.63, 3.8) is 0 Å². The van der Waals surface area contributed by atoms with E-state index < -0.39 is 6.10 Å². The second-order valence-corrected chi connectivity index (χ2v) is 7.40. The van der Waals surface area contributed by atoms with Crippen molar-refractivity contribution in [2.45, 2.75) is 11.0 Å². The Hall–Kier alpha value is -3.71. The Bertz CT molecular complexity index is 1120. The molecule has 0 aliphatic rings. The lowest BCUT2D eigenvalue weighted by molar-refractivity contribution is 0.220. The summed E-state index contributed by atoms with van der Waals surface area (Å²) in [5, 5.41) is 29.6. The average Bonchev–Trinajstić information content (AvgIpc) is 2.75. The molecular weight excluding hydrogens is 380 g/mol. The molecule has 142 valence electrons. The van der Waals surface area contributed by atoms with Gasteiger partial charge in [-0.15, -0.1) is 0 Å². The molecule has 3 aromatic carbocycles. The first-order chi connectivity index (χ1) is 14.0. The zero-order valence-corrected chi connectivity index (χ0v) is 16.2. The molecule has 0 aliphatic heterocycles. The standard InChI is InChI=1S/C23H18N4OS/c24-13-15-4-6-16(7-5-15)22(28)18-3-1-2-17(12-18)21(14-25)23(27)29-20-10-8-19(26)9-11-20/h1-12,22,28H,26-27H2/b23-21-. The minimum atomic E-state index is -0.881. The number of benzene rings is 3. The molecule has 29 heavy (non-hydrogen) atoms. The summed E-state index contributed by atoms with van der Waals surface area (Å²) in [5.74, 6) is 0. The molecule has 0 bridgehead atoms. The molecule has 0 aliphatic carbocycles. The minimum Gasteiger partial charge on any atom is -0.399 e. The van der Waals surface area contributed by atoms with Crippen LogP contribution in [0.3, 0.4) is 0 Å². The number of anilines is 1. The summed E-state index contributed by atoms with van der Waals surface area (Å²) in [4.78, 5) is 0.873. The highest BCUT2D eigenvalue weighted by Crippen LogP contribution is 2.31. The van der Waals surface area contributed by atoms with E-state index in [1.165, 1.54) is 11.8 Å². The molecule has 5 N–H and O–H groups in total. The number of nitrogens with two attached hydrogens (primary N) is 2. The van der Waals surface area contributed by atoms with Crippen LogP contribution in [-0.4, -0.2) is 5.11 Å². The van der Waals surface area contributed by atoms with Crippen molar-refractivity contribution in [1.82, 2.24) is 0 Å². The second kappa shape index (κ2) is 8.99. The van der Waals surface area contributed by atoms with E-state index in [-0.39, 0.29) is 0 Å². The first kappa shape index (κ1) is 20.0. The van der Waals surface area contributed by atoms with Gasteiger partial charge in [-0.2, -0.15) is 10.5 Å². The molecule has 3 aromatic rings. The van der Waals surface area contributed by atoms with E-state index in [4.69, 9.17) is 16.7 Å². The highest BCUT2D eigenvalue weighted by molar-refractivity contribution is 8.03. The quantitative estimate of drug-likeness (QED) is 0.337. The van der Waals surface area contributed by atoms with Gasteiger partial charge in [0.15, 0.2) is 0 Å². The lowest BCUT2D eigenvalue weighted by Gasteiger charge is -2.13. The second-order valence-electron chi connectivity index (χ2n) is 6.28. The number of nitriles is 2. The maximum atomic E-state index is 10.7. The monoisotopic (exact) mass is 398 g/mol. The van der Waals surface area contributed by atoms with E-state index in [0.717, 1.165) is 4.90 Å². The number of aliphatic hydroxyl groups excluding tert-OH is 1. The number of thioether (sulfide) groups is 1. The predicted molar refractivity (Wildman–Crippen MR) is 115 cm³/mol. The molecule has 0 aromatic heterocycles. The van der Waals surface area contributed by atoms with E-state index in [1.807, 2.05) is 12.1 Å². The number of allylic oxidation sites excluding steroid dienone is 1. The third-order valence-corrected chi connectivity index (χ3v) is 5.24. The largest absolute Gasteiger partial charge is 0.399 e. The minimum absolute atomic E-state index is 0.334. The summed E-state index contributed by atoms with van der Waals surface area (Å²) < 4.78 is 0. The highest BCUT2D eigenvalue weighted by atomic mass is 32.2. The van der Waals surface area contributed by atoms with E-state index in [9.17, 15) is 10.4 Å². The molecule has 0 amide bonds. The summed E-state index contributed by atoms with van der Waals surface area (Å²) in [5.41, 5.74) is 15.3. The number of nitrogen functional groups attached to an aromatic ring is 1. The topological polar surface area (TPSA) is 120 Å². The molecule has 3 rings (SSSR count). The molecule has 1 atom stereocenters. The van der Waals surface area contributed by atoms with E-state index in [2.05, 4.69) is 12.1 Å². The van der Waals surface area contributed by atoms with Gasteiger partial charge in [0.1, 0.15) is 12.2 Å². The maximum Gasteiger partial charge on any atom is 0.104 e. The van der Waals surface area contributed by atoms with Crippen molar-refractivity contribution in [2.75, 3.05) is 5.73 Å². The molecule has 0 saturated carbocycles. The van der Waals surface area contributed by atoms with Gasteiger partial charge in [-0.3, -0.25) is 0 Å². The van der Waals surface area contributed by atoms with Crippen molar-refractivity contribution in [1.29, 1.82) is 10.5 Å². The highest BCUT2D eigenvalue weighted by Gasteiger charge is 2.14. The van der Waals surface area contributed by atoms with E-state index in [0.29, 0.717) is 38.5 Å². The number of aliphatic hydroxyl groups is 1. The Kier molecular flexibility index (Phi) is 6.21. The zero-order chi connectivity index (χ0) is 20.8. The van der Waals surface area contributed by atoms with Gasteiger partial charge in [-0.25, -0.2) is 0 Å². The van der Waals surface area contributed by atoms with Crippen LogP contribution < -0.4 is 11.5 Å². The Balaban J connectivity index is 1.90. The average molecular weight is 398 g/mol. The molecular formula is C23H18N4OS. The first-order valence-corrected chi connectivity index (χ1v) is 9.55. The van der Waals surface area contributed by atoms with Gasteiger partial charge in [-0.05, 0) is 59.2 Å². The Morgan fingerprint density at radius 2 is 1.62 bits per heavy atom. The van der Waals surface area contributed by atoms with Gasteiger partial charge < -0.3 is 16.6 Å². The third-order valence-electron chi connectivity index (χ3n) is 4.31. The van der Waals surface area contributed by atoms with Crippen LogP contribution in [0.2, 0.25) is 0 Å². The molecule has 0 radical (unpaired) electrons. The van der Waals surface area contributed by atoms with Crippen LogP contribution >= 0.6 is 11.8 Å². The SMILES string of the molecule is N#C/C(=C(\N)Sc1ccc(N)cc1)c1cccc(C(O)c2ccc(C#N)cc2)c1. The predicted octanol–water partition coefficient (Wildman–Crippen LogP) is 4.17. The fourth-order valence-corrected chi connectivity index (χ4v) is 3.56. The van der Waals surface area contributed by atoms with Gasteiger partial charge in [0, 0.05) is 10.6 Å². The molecule has 0 fully saturated rings. The first-order valence-electron chi connectivity index (χ1n) is 8.73. The summed E-state index contributed by atoms with van der Waals surface area (Å²) in [7, 11) is 0. The van der Waals surface area contributed by atoms with Gasteiger partial charge in [0.25, 0.3) is 0 Å². The van der Waals surface area contributed by atoms with Crippen molar-refractivity contribution in [3.8, 4) is 12.1 Å². The molecule has 0 spiro atoms. The number of rotatable bonds is 5. The van der Waals surface area contributed by atoms with Crippen LogP contribution in [0.15, 0.2) is 82.7 Å². The molecule has 1 unspecified atom stereocenters. The van der Waals surface area contributed by atoms with Crippen LogP contribution in [0.1, 0.15) is 28.4 Å². The maximum absolute atomic E-state index is 10.7. The molecule has 6 heteroatoms. The van der Waals surface area contributed by atoms with Crippen LogP contribution in [0.4, 0.5) is 5.69 Å². The van der Waals surface area contributed by atoms with Gasteiger partial charge in [0.2, 0.25) is 0 Å². The van der Waals surface area contributed by atoms with Crippen molar-refractivity contribution in [2.24, 2.45) is 5.73 Å². The van der Waals surface area contributed by atoms with Crippen molar-refractivity contribution in [3.05, 3.63) is 100 Å². The zero-order valence-electron chi connectivity index (χ0n) is 15.4. The van der Waals surface area contributed by atoms with Gasteiger partial charge >= 0.3 is 0 Å². The van der Waals surface area contributed by atoms with E-state index in [1.54, 1.807) is 60.7 Å². The van der Waals surface area contributed by atoms with Gasteiger partial charge in [0.05, 0.1) is 22.2 Å². The number of hydrogen-bond acceptors (Lipinski definition) is 6. The summed E-state index contributed by atoms with van der Waals surface area (Å²) in [6, 6.07) is 25.3. The van der Waals surface area contributed by atoms with Crippen LogP contribution in [0.25, 0.3) is 5.57 Å². The van der Waals surface area contributed by atoms with Crippen LogP contribution in [0, 0.1) is 22.7 Å². The Labute approximate surface area is 173 Å². The van der Waals surface area contributed by atoms with Crippen molar-refractivity contribution < 1.29 is 5.11 Å². The van der Waals surface area contributed by atoms with Crippen molar-refractivity contribution >= 4 is 23.0 Å². The van der Waals surface area contributed by atoms with E-state index >= 15 is 0 Å². The normalized spacial score (nSPS) is 12.4. The van der Waals surface area contributed by atoms with Crippen LogP contribution in [-0.2, 0) is 0 Å². The Morgan fingerprint density at radius 3 is 2.24 bits per heavy atom. The Morgan fingerprint density at radius 1 is 0.931 bits per heavy atom. The molecule has 5 nitrogen and oxygen atoms in total. The number of hydrogen-bond donors (Lipinski definition) is 3. The lowest BCUT2D eigenvalue weighted by Crippen LogP contribution is -2.02. The molecule has 0 heterocycles. The summed E-state index contributed by atoms with van der Waals surface area (Å²) in [6.45, 7) is 0. The summed E-state index contributed by atoms with van der Waals surface area (Å²) >= 11 is 1.28. The molecule has 0 saturated heterocycles. The fourth-order valence-electron chi connectivity index (χ4n) is 2.77. The number of nitrogens with zero attached hydrogens (tertiary/aromatic N) is 2. The summed E-state index contributed by atoms with van der Waals surface area (Å²) in [6.07, 6.45) is -0.881.